The van der Waals surface area contributed by atoms with Gasteiger partial charge in [0, 0.05) is 31.9 Å². The van der Waals surface area contributed by atoms with Gasteiger partial charge in [0.05, 0.1) is 24.9 Å². The predicted octanol–water partition coefficient (Wildman–Crippen LogP) is 3.27. The number of piperidine rings is 2. The second-order valence-corrected chi connectivity index (χ2v) is 9.37. The molecule has 35 heavy (non-hydrogen) atoms. The van der Waals surface area contributed by atoms with Crippen LogP contribution in [0.5, 0.6) is 5.75 Å². The van der Waals surface area contributed by atoms with E-state index < -0.39 is 0 Å². The third-order valence-corrected chi connectivity index (χ3v) is 6.69. The molecular formula is C27H34N4O4. The molecular weight excluding hydrogens is 444 g/mol. The monoisotopic (exact) mass is 478 g/mol. The highest BCUT2D eigenvalue weighted by molar-refractivity contribution is 5.92. The Morgan fingerprint density at radius 1 is 0.943 bits per heavy atom. The van der Waals surface area contributed by atoms with E-state index in [0.29, 0.717) is 38.6 Å². The molecule has 2 unspecified atom stereocenters. The fourth-order valence-electron chi connectivity index (χ4n) is 4.83. The molecule has 3 heterocycles. The highest BCUT2D eigenvalue weighted by Crippen LogP contribution is 2.24. The Balaban J connectivity index is 1.26. The molecule has 0 bridgehead atoms. The van der Waals surface area contributed by atoms with Crippen molar-refractivity contribution in [2.75, 3.05) is 38.1 Å². The number of hydrogen-bond donors (Lipinski definition) is 1. The van der Waals surface area contributed by atoms with E-state index in [1.807, 2.05) is 54.3 Å². The molecule has 0 aliphatic carbocycles. The molecule has 1 N–H and O–H groups in total. The molecule has 2 saturated heterocycles. The van der Waals surface area contributed by atoms with E-state index >= 15 is 0 Å². The number of carbonyl (C=O) groups excluding carboxylic acids is 3. The largest absolute Gasteiger partial charge is 0.493 e. The highest BCUT2D eigenvalue weighted by Gasteiger charge is 2.35. The van der Waals surface area contributed by atoms with E-state index in [4.69, 9.17) is 4.74 Å². The van der Waals surface area contributed by atoms with Crippen LogP contribution in [0.4, 0.5) is 5.82 Å². The first-order valence-corrected chi connectivity index (χ1v) is 12.5. The summed E-state index contributed by atoms with van der Waals surface area (Å²) < 4.78 is 5.66. The number of rotatable bonds is 7. The number of ether oxygens (including phenoxy) is 1. The van der Waals surface area contributed by atoms with Gasteiger partial charge in [-0.1, -0.05) is 24.3 Å². The number of hydrogen-bond acceptors (Lipinski definition) is 5. The van der Waals surface area contributed by atoms with Crippen LogP contribution in [0, 0.1) is 18.8 Å². The number of nitrogens with zero attached hydrogens (tertiary/aromatic N) is 3. The van der Waals surface area contributed by atoms with Crippen molar-refractivity contribution in [2.45, 2.75) is 39.0 Å². The summed E-state index contributed by atoms with van der Waals surface area (Å²) in [5.74, 6) is 0.771. The Bertz CT molecular complexity index is 1030. The molecule has 186 valence electrons. The van der Waals surface area contributed by atoms with Gasteiger partial charge in [0.15, 0.2) is 0 Å². The summed E-state index contributed by atoms with van der Waals surface area (Å²) in [6.07, 6.45) is 3.40. The molecule has 2 aliphatic rings. The van der Waals surface area contributed by atoms with Gasteiger partial charge in [0.2, 0.25) is 17.7 Å². The number of nitrogens with one attached hydrogen (secondary N) is 1. The van der Waals surface area contributed by atoms with Gasteiger partial charge in [0.25, 0.3) is 0 Å². The molecule has 8 nitrogen and oxygen atoms in total. The first-order chi connectivity index (χ1) is 17.0. The maximum atomic E-state index is 13.3. The van der Waals surface area contributed by atoms with Gasteiger partial charge in [0.1, 0.15) is 11.6 Å². The van der Waals surface area contributed by atoms with Crippen LogP contribution in [-0.4, -0.2) is 65.3 Å². The lowest BCUT2D eigenvalue weighted by Crippen LogP contribution is -2.50. The summed E-state index contributed by atoms with van der Waals surface area (Å²) in [5, 5.41) is 2.89. The van der Waals surface area contributed by atoms with Gasteiger partial charge in [-0.25, -0.2) is 4.98 Å². The first-order valence-electron chi connectivity index (χ1n) is 12.5. The van der Waals surface area contributed by atoms with E-state index in [1.165, 1.54) is 0 Å². The average molecular weight is 479 g/mol. The fraction of sp³-hybridized carbons (Fsp3) is 0.481. The van der Waals surface area contributed by atoms with Crippen LogP contribution < -0.4 is 10.1 Å². The topological polar surface area (TPSA) is 91.8 Å². The lowest BCUT2D eigenvalue weighted by molar-refractivity contribution is -0.142. The number of para-hydroxylation sites is 1. The van der Waals surface area contributed by atoms with E-state index in [2.05, 4.69) is 10.3 Å². The summed E-state index contributed by atoms with van der Waals surface area (Å²) in [6.45, 7) is 4.36. The number of likely N-dealkylation sites (tertiary alicyclic amines) is 2. The third-order valence-electron chi connectivity index (χ3n) is 6.69. The zero-order valence-corrected chi connectivity index (χ0v) is 20.3. The SMILES string of the molecule is Cc1cccc(NC(=O)C2CCCN(C(=O)C3CCCN(C(=O)CCOc4ccccc4)C3)C2)n1. The third kappa shape index (κ3) is 6.81. The minimum atomic E-state index is -0.258. The number of benzene rings is 1. The van der Waals surface area contributed by atoms with E-state index in [0.717, 1.165) is 37.1 Å². The Hall–Kier alpha value is -3.42. The van der Waals surface area contributed by atoms with Crippen molar-refractivity contribution < 1.29 is 19.1 Å². The van der Waals surface area contributed by atoms with Crippen LogP contribution in [0.1, 0.15) is 37.8 Å². The normalized spacial score (nSPS) is 20.3. The number of anilines is 1. The van der Waals surface area contributed by atoms with Gasteiger partial charge in [-0.05, 0) is 56.9 Å². The molecule has 0 spiro atoms. The molecule has 1 aromatic heterocycles. The average Bonchev–Trinajstić information content (AvgIpc) is 2.89. The maximum Gasteiger partial charge on any atom is 0.230 e. The Kier molecular flexibility index (Phi) is 8.34. The van der Waals surface area contributed by atoms with Crippen molar-refractivity contribution in [3.63, 3.8) is 0 Å². The molecule has 0 saturated carbocycles. The fourth-order valence-corrected chi connectivity index (χ4v) is 4.83. The van der Waals surface area contributed by atoms with Crippen LogP contribution in [0.3, 0.4) is 0 Å². The first kappa shape index (κ1) is 24.7. The van der Waals surface area contributed by atoms with Crippen LogP contribution >= 0.6 is 0 Å². The summed E-state index contributed by atoms with van der Waals surface area (Å²) in [5.41, 5.74) is 0.839. The van der Waals surface area contributed by atoms with Gasteiger partial charge in [-0.2, -0.15) is 0 Å². The summed E-state index contributed by atoms with van der Waals surface area (Å²) in [7, 11) is 0. The minimum Gasteiger partial charge on any atom is -0.493 e. The van der Waals surface area contributed by atoms with Gasteiger partial charge in [-0.15, -0.1) is 0 Å². The summed E-state index contributed by atoms with van der Waals surface area (Å²) in [6, 6.07) is 15.0. The number of amides is 3. The zero-order valence-electron chi connectivity index (χ0n) is 20.3. The summed E-state index contributed by atoms with van der Waals surface area (Å²) >= 11 is 0. The molecule has 2 atom stereocenters. The maximum absolute atomic E-state index is 13.3. The van der Waals surface area contributed by atoms with Gasteiger partial charge in [-0.3, -0.25) is 14.4 Å². The van der Waals surface area contributed by atoms with Crippen molar-refractivity contribution in [1.29, 1.82) is 0 Å². The molecule has 0 radical (unpaired) electrons. The number of aromatic nitrogens is 1. The van der Waals surface area contributed by atoms with Gasteiger partial charge >= 0.3 is 0 Å². The van der Waals surface area contributed by atoms with E-state index in [9.17, 15) is 14.4 Å². The Morgan fingerprint density at radius 2 is 1.66 bits per heavy atom. The second kappa shape index (κ2) is 11.8. The Labute approximate surface area is 206 Å². The molecule has 2 fully saturated rings. The van der Waals surface area contributed by atoms with Crippen LogP contribution in [0.15, 0.2) is 48.5 Å². The van der Waals surface area contributed by atoms with Crippen LogP contribution in [-0.2, 0) is 14.4 Å². The number of carbonyl (C=O) groups is 3. The number of aryl methyl sites for hydroxylation is 1. The minimum absolute atomic E-state index is 0.0139. The quantitative estimate of drug-likeness (QED) is 0.660. The number of pyridine rings is 1. The van der Waals surface area contributed by atoms with Crippen LogP contribution in [0.25, 0.3) is 0 Å². The molecule has 2 aliphatic heterocycles. The zero-order chi connectivity index (χ0) is 24.6. The molecule has 8 heteroatoms. The van der Waals surface area contributed by atoms with Crippen molar-refractivity contribution >= 4 is 23.5 Å². The van der Waals surface area contributed by atoms with E-state index in [1.54, 1.807) is 11.0 Å². The molecule has 4 rings (SSSR count). The molecule has 3 amide bonds. The van der Waals surface area contributed by atoms with Gasteiger partial charge < -0.3 is 19.9 Å². The second-order valence-electron chi connectivity index (χ2n) is 9.37. The van der Waals surface area contributed by atoms with Crippen molar-refractivity contribution in [1.82, 2.24) is 14.8 Å². The lowest BCUT2D eigenvalue weighted by Gasteiger charge is -2.38. The Morgan fingerprint density at radius 3 is 2.43 bits per heavy atom. The lowest BCUT2D eigenvalue weighted by atomic mass is 9.92. The predicted molar refractivity (Wildman–Crippen MR) is 133 cm³/mol. The smallest absolute Gasteiger partial charge is 0.230 e. The van der Waals surface area contributed by atoms with Crippen molar-refractivity contribution in [3.05, 3.63) is 54.2 Å². The standard InChI is InChI=1S/C27H34N4O4/c1-20-8-5-13-24(28-20)29-26(33)21-9-6-16-31(18-21)27(34)22-10-7-15-30(19-22)25(32)14-17-35-23-11-3-2-4-12-23/h2-5,8,11-13,21-22H,6-7,9-10,14-19H2,1H3,(H,28,29,33). The van der Waals surface area contributed by atoms with E-state index in [-0.39, 0.29) is 36.0 Å². The van der Waals surface area contributed by atoms with Crippen molar-refractivity contribution in [2.24, 2.45) is 11.8 Å². The summed E-state index contributed by atoms with van der Waals surface area (Å²) in [4.78, 5) is 46.8. The van der Waals surface area contributed by atoms with Crippen molar-refractivity contribution in [3.8, 4) is 5.75 Å². The van der Waals surface area contributed by atoms with Crippen LogP contribution in [0.2, 0.25) is 0 Å². The molecule has 2 aromatic rings. The highest BCUT2D eigenvalue weighted by atomic mass is 16.5. The molecule has 1 aromatic carbocycles.